The van der Waals surface area contributed by atoms with Gasteiger partial charge in [-0.3, -0.25) is 0 Å². The minimum absolute atomic E-state index is 0.158. The van der Waals surface area contributed by atoms with Gasteiger partial charge in [-0.1, -0.05) is 11.6 Å². The van der Waals surface area contributed by atoms with E-state index in [1.54, 1.807) is 24.3 Å². The Bertz CT molecular complexity index is 946. The molecule has 0 fully saturated rings. The van der Waals surface area contributed by atoms with Crippen molar-refractivity contribution in [2.24, 2.45) is 0 Å². The maximum Gasteiger partial charge on any atom is 0.338 e. The molecule has 0 saturated heterocycles. The third kappa shape index (κ3) is 4.17. The van der Waals surface area contributed by atoms with Gasteiger partial charge in [-0.15, -0.1) is 10.2 Å². The third-order valence-electron chi connectivity index (χ3n) is 3.79. The van der Waals surface area contributed by atoms with E-state index in [2.05, 4.69) is 10.2 Å². The van der Waals surface area contributed by atoms with Crippen LogP contribution in [0.3, 0.4) is 0 Å². The third-order valence-corrected chi connectivity index (χ3v) is 4.04. The van der Waals surface area contributed by atoms with E-state index in [-0.39, 0.29) is 18.1 Å². The highest BCUT2D eigenvalue weighted by molar-refractivity contribution is 6.30. The Morgan fingerprint density at radius 2 is 1.64 bits per heavy atom. The molecule has 0 radical (unpaired) electrons. The second-order valence-corrected chi connectivity index (χ2v) is 5.93. The summed E-state index contributed by atoms with van der Waals surface area (Å²) in [5.74, 6) is 0.922. The molecule has 2 aromatic carbocycles. The van der Waals surface area contributed by atoms with Crippen LogP contribution in [0.2, 0.25) is 5.02 Å². The molecule has 0 bridgehead atoms. The number of hydrogen-bond acceptors (Lipinski definition) is 8. The zero-order valence-corrected chi connectivity index (χ0v) is 16.1. The quantitative estimate of drug-likeness (QED) is 0.549. The maximum atomic E-state index is 12.4. The summed E-state index contributed by atoms with van der Waals surface area (Å²) in [4.78, 5) is 12.4. The van der Waals surface area contributed by atoms with E-state index in [1.165, 1.54) is 33.5 Å². The number of esters is 1. The molecule has 0 N–H and O–H groups in total. The van der Waals surface area contributed by atoms with E-state index < -0.39 is 5.97 Å². The number of ether oxygens (including phenoxy) is 4. The van der Waals surface area contributed by atoms with Gasteiger partial charge in [0.25, 0.3) is 5.89 Å². The lowest BCUT2D eigenvalue weighted by Gasteiger charge is -2.13. The summed E-state index contributed by atoms with van der Waals surface area (Å²) in [6, 6.07) is 9.92. The van der Waals surface area contributed by atoms with Crippen LogP contribution in [0.25, 0.3) is 11.5 Å². The molecule has 1 heterocycles. The maximum absolute atomic E-state index is 12.4. The molecule has 28 heavy (non-hydrogen) atoms. The predicted octanol–water partition coefficient (Wildman–Crippen LogP) is 3.77. The normalized spacial score (nSPS) is 10.4. The van der Waals surface area contributed by atoms with E-state index >= 15 is 0 Å². The average Bonchev–Trinajstić information content (AvgIpc) is 3.20. The first-order valence-corrected chi connectivity index (χ1v) is 8.49. The van der Waals surface area contributed by atoms with Gasteiger partial charge in [-0.25, -0.2) is 4.79 Å². The van der Waals surface area contributed by atoms with Gasteiger partial charge in [-0.05, 0) is 36.4 Å². The highest BCUT2D eigenvalue weighted by Gasteiger charge is 2.19. The summed E-state index contributed by atoms with van der Waals surface area (Å²) < 4.78 is 26.4. The first-order chi connectivity index (χ1) is 13.5. The molecule has 0 amide bonds. The SMILES string of the molecule is COc1cc(C(=O)OCc2nnc(-c3ccc(Cl)cc3)o2)cc(OC)c1OC. The van der Waals surface area contributed by atoms with Gasteiger partial charge in [0.2, 0.25) is 11.6 Å². The first kappa shape index (κ1) is 19.5. The van der Waals surface area contributed by atoms with Crippen molar-refractivity contribution in [2.75, 3.05) is 21.3 Å². The van der Waals surface area contributed by atoms with Crippen LogP contribution in [0, 0.1) is 0 Å². The van der Waals surface area contributed by atoms with Gasteiger partial charge in [-0.2, -0.15) is 0 Å². The van der Waals surface area contributed by atoms with Crippen LogP contribution in [0.1, 0.15) is 16.2 Å². The number of aromatic nitrogens is 2. The molecule has 1 aromatic heterocycles. The predicted molar refractivity (Wildman–Crippen MR) is 100.0 cm³/mol. The molecule has 3 aromatic rings. The summed E-state index contributed by atoms with van der Waals surface area (Å²) in [6.07, 6.45) is 0. The monoisotopic (exact) mass is 404 g/mol. The molecular weight excluding hydrogens is 388 g/mol. The lowest BCUT2D eigenvalue weighted by molar-refractivity contribution is 0.0438. The van der Waals surface area contributed by atoms with Gasteiger partial charge in [0.1, 0.15) is 0 Å². The molecule has 0 saturated carbocycles. The fourth-order valence-electron chi connectivity index (χ4n) is 2.43. The number of carbonyl (C=O) groups excluding carboxylic acids is 1. The highest BCUT2D eigenvalue weighted by Crippen LogP contribution is 2.38. The Hall–Kier alpha value is -3.26. The van der Waals surface area contributed by atoms with E-state index in [9.17, 15) is 4.79 Å². The molecular formula is C19H17ClN2O6. The fourth-order valence-corrected chi connectivity index (χ4v) is 2.56. The van der Waals surface area contributed by atoms with Crippen LogP contribution in [0.15, 0.2) is 40.8 Å². The van der Waals surface area contributed by atoms with Crippen LogP contribution >= 0.6 is 11.6 Å². The minimum atomic E-state index is -0.606. The largest absolute Gasteiger partial charge is 0.493 e. The molecule has 0 aliphatic heterocycles. The number of halogens is 1. The molecule has 0 spiro atoms. The minimum Gasteiger partial charge on any atom is -0.493 e. The second kappa shape index (κ2) is 8.62. The molecule has 0 aliphatic carbocycles. The Morgan fingerprint density at radius 3 is 2.21 bits per heavy atom. The molecule has 8 nitrogen and oxygen atoms in total. The van der Waals surface area contributed by atoms with E-state index in [4.69, 9.17) is 35.0 Å². The standard InChI is InChI=1S/C19H17ClN2O6/c1-24-14-8-12(9-15(25-2)17(14)26-3)19(23)27-10-16-21-22-18(28-16)11-4-6-13(20)7-5-11/h4-9H,10H2,1-3H3. The molecule has 0 atom stereocenters. The number of methoxy groups -OCH3 is 3. The zero-order valence-electron chi connectivity index (χ0n) is 15.4. The Kier molecular flexibility index (Phi) is 6.00. The second-order valence-electron chi connectivity index (χ2n) is 5.50. The molecule has 146 valence electrons. The van der Waals surface area contributed by atoms with E-state index in [0.717, 1.165) is 0 Å². The zero-order chi connectivity index (χ0) is 20.1. The molecule has 3 rings (SSSR count). The molecule has 9 heteroatoms. The smallest absolute Gasteiger partial charge is 0.338 e. The van der Waals surface area contributed by atoms with Gasteiger partial charge in [0, 0.05) is 10.6 Å². The van der Waals surface area contributed by atoms with Crippen molar-refractivity contribution in [1.29, 1.82) is 0 Å². The van der Waals surface area contributed by atoms with Crippen LogP contribution in [-0.4, -0.2) is 37.5 Å². The van der Waals surface area contributed by atoms with Crippen LogP contribution in [0.4, 0.5) is 0 Å². The van der Waals surface area contributed by atoms with E-state index in [1.807, 2.05) is 0 Å². The van der Waals surface area contributed by atoms with Gasteiger partial charge in [0.15, 0.2) is 18.1 Å². The number of rotatable bonds is 7. The summed E-state index contributed by atoms with van der Waals surface area (Å²) in [5, 5.41) is 8.42. The summed E-state index contributed by atoms with van der Waals surface area (Å²) in [5.41, 5.74) is 0.936. The fraction of sp³-hybridized carbons (Fsp3) is 0.211. The van der Waals surface area contributed by atoms with Gasteiger partial charge >= 0.3 is 5.97 Å². The average molecular weight is 405 g/mol. The highest BCUT2D eigenvalue weighted by atomic mass is 35.5. The summed E-state index contributed by atoms with van der Waals surface area (Å²) >= 11 is 5.86. The topological polar surface area (TPSA) is 92.9 Å². The van der Waals surface area contributed by atoms with Crippen molar-refractivity contribution in [1.82, 2.24) is 10.2 Å². The number of benzene rings is 2. The van der Waals surface area contributed by atoms with E-state index in [0.29, 0.717) is 33.7 Å². The van der Waals surface area contributed by atoms with Crippen molar-refractivity contribution in [2.45, 2.75) is 6.61 Å². The number of hydrogen-bond donors (Lipinski definition) is 0. The van der Waals surface area contributed by atoms with Crippen LogP contribution in [0.5, 0.6) is 17.2 Å². The molecule has 0 unspecified atom stereocenters. The Balaban J connectivity index is 1.71. The lowest BCUT2D eigenvalue weighted by atomic mass is 10.2. The number of carbonyl (C=O) groups is 1. The summed E-state index contributed by atoms with van der Waals surface area (Å²) in [7, 11) is 4.40. The van der Waals surface area contributed by atoms with Crippen LogP contribution < -0.4 is 14.2 Å². The van der Waals surface area contributed by atoms with Crippen molar-refractivity contribution in [3.05, 3.63) is 52.9 Å². The van der Waals surface area contributed by atoms with Gasteiger partial charge < -0.3 is 23.4 Å². The first-order valence-electron chi connectivity index (χ1n) is 8.11. The van der Waals surface area contributed by atoms with Crippen LogP contribution in [-0.2, 0) is 11.3 Å². The van der Waals surface area contributed by atoms with Crippen molar-refractivity contribution in [3.8, 4) is 28.7 Å². The van der Waals surface area contributed by atoms with Crippen molar-refractivity contribution < 1.29 is 28.2 Å². The Labute approximate surface area is 165 Å². The van der Waals surface area contributed by atoms with Gasteiger partial charge in [0.05, 0.1) is 26.9 Å². The molecule has 0 aliphatic rings. The summed E-state index contributed by atoms with van der Waals surface area (Å²) in [6.45, 7) is -0.184. The number of nitrogens with zero attached hydrogens (tertiary/aromatic N) is 2. The van der Waals surface area contributed by atoms with Crippen molar-refractivity contribution >= 4 is 17.6 Å². The van der Waals surface area contributed by atoms with Crippen molar-refractivity contribution in [3.63, 3.8) is 0 Å². The lowest BCUT2D eigenvalue weighted by Crippen LogP contribution is -2.07. The Morgan fingerprint density at radius 1 is 1.00 bits per heavy atom.